The van der Waals surface area contributed by atoms with Gasteiger partial charge in [-0.1, -0.05) is 0 Å². The molecule has 0 amide bonds. The van der Waals surface area contributed by atoms with Gasteiger partial charge in [0.05, 0.1) is 0 Å². The quantitative estimate of drug-likeness (QED) is 0.562. The second-order valence-corrected chi connectivity index (χ2v) is 3.69. The minimum Gasteiger partial charge on any atom is -0.312 e. The predicted octanol–water partition coefficient (Wildman–Crippen LogP) is 1.33. The largest absolute Gasteiger partial charge is 0.312 e. The Hall–Kier alpha value is -0.160. The van der Waals surface area contributed by atoms with Crippen molar-refractivity contribution in [3.63, 3.8) is 0 Å². The molecule has 1 aromatic rings. The molecule has 0 saturated heterocycles. The van der Waals surface area contributed by atoms with Crippen LogP contribution >= 0.6 is 22.6 Å². The van der Waals surface area contributed by atoms with Gasteiger partial charge in [-0.05, 0) is 47.2 Å². The molecule has 0 saturated carbocycles. The molecular formula is C8H9IN2. The van der Waals surface area contributed by atoms with E-state index in [1.54, 1.807) is 0 Å². The number of rotatable bonds is 0. The smallest absolute Gasteiger partial charge is 0.106 e. The first-order chi connectivity index (χ1) is 5.38. The summed E-state index contributed by atoms with van der Waals surface area (Å²) in [4.78, 5) is 4.24. The van der Waals surface area contributed by atoms with Crippen molar-refractivity contribution in [1.29, 1.82) is 0 Å². The van der Waals surface area contributed by atoms with E-state index in [9.17, 15) is 0 Å². The Kier molecular flexibility index (Phi) is 2.09. The topological polar surface area (TPSA) is 24.9 Å². The highest BCUT2D eigenvalue weighted by atomic mass is 127. The zero-order chi connectivity index (χ0) is 7.68. The second kappa shape index (κ2) is 3.06. The van der Waals surface area contributed by atoms with Gasteiger partial charge in [-0.25, -0.2) is 4.98 Å². The fraction of sp³-hybridized carbons (Fsp3) is 0.375. The first-order valence-electron chi connectivity index (χ1n) is 3.71. The fourth-order valence-electron chi connectivity index (χ4n) is 1.36. The lowest BCUT2D eigenvalue weighted by molar-refractivity contribution is 0.637. The van der Waals surface area contributed by atoms with Crippen LogP contribution in [0.5, 0.6) is 0 Å². The molecule has 0 aromatic carbocycles. The normalized spacial score (nSPS) is 16.1. The number of halogens is 1. The van der Waals surface area contributed by atoms with Crippen LogP contribution in [-0.4, -0.2) is 11.5 Å². The van der Waals surface area contributed by atoms with Gasteiger partial charge in [-0.2, -0.15) is 0 Å². The van der Waals surface area contributed by atoms with E-state index in [-0.39, 0.29) is 0 Å². The number of hydrogen-bond acceptors (Lipinski definition) is 2. The molecule has 1 N–H and O–H groups in total. The van der Waals surface area contributed by atoms with Crippen molar-refractivity contribution in [2.75, 3.05) is 6.54 Å². The van der Waals surface area contributed by atoms with Gasteiger partial charge in [0, 0.05) is 18.3 Å². The summed E-state index contributed by atoms with van der Waals surface area (Å²) in [7, 11) is 0. The SMILES string of the molecule is Ic1nccc2c1CNCC2. The van der Waals surface area contributed by atoms with Crippen LogP contribution in [0.25, 0.3) is 0 Å². The first-order valence-corrected chi connectivity index (χ1v) is 4.79. The van der Waals surface area contributed by atoms with Gasteiger partial charge in [0.15, 0.2) is 0 Å². The van der Waals surface area contributed by atoms with Crippen LogP contribution in [0.3, 0.4) is 0 Å². The van der Waals surface area contributed by atoms with Crippen LogP contribution in [0, 0.1) is 3.70 Å². The Balaban J connectivity index is 2.49. The van der Waals surface area contributed by atoms with Crippen LogP contribution in [0.4, 0.5) is 0 Å². The van der Waals surface area contributed by atoms with Gasteiger partial charge in [0.25, 0.3) is 0 Å². The third-order valence-electron chi connectivity index (χ3n) is 1.97. The molecule has 0 spiro atoms. The molecule has 1 aliphatic rings. The molecule has 2 rings (SSSR count). The molecule has 58 valence electrons. The molecule has 1 aliphatic heterocycles. The van der Waals surface area contributed by atoms with E-state index in [0.29, 0.717) is 0 Å². The summed E-state index contributed by atoms with van der Waals surface area (Å²) in [5, 5.41) is 3.34. The third kappa shape index (κ3) is 1.39. The van der Waals surface area contributed by atoms with Crippen molar-refractivity contribution in [2.24, 2.45) is 0 Å². The number of fused-ring (bicyclic) bond motifs is 1. The minimum absolute atomic E-state index is 0.988. The molecule has 0 atom stereocenters. The van der Waals surface area contributed by atoms with E-state index < -0.39 is 0 Å². The average molecular weight is 260 g/mol. The molecule has 0 unspecified atom stereocenters. The maximum atomic E-state index is 4.24. The van der Waals surface area contributed by atoms with Crippen LogP contribution in [-0.2, 0) is 13.0 Å². The molecule has 2 nitrogen and oxygen atoms in total. The molecular weight excluding hydrogens is 251 g/mol. The number of nitrogens with zero attached hydrogens (tertiary/aromatic N) is 1. The highest BCUT2D eigenvalue weighted by Gasteiger charge is 2.10. The van der Waals surface area contributed by atoms with E-state index in [1.807, 2.05) is 6.20 Å². The van der Waals surface area contributed by atoms with E-state index >= 15 is 0 Å². The lowest BCUT2D eigenvalue weighted by Gasteiger charge is -2.16. The lowest BCUT2D eigenvalue weighted by atomic mass is 10.0. The third-order valence-corrected chi connectivity index (χ3v) is 2.90. The molecule has 3 heteroatoms. The van der Waals surface area contributed by atoms with Crippen molar-refractivity contribution in [1.82, 2.24) is 10.3 Å². The van der Waals surface area contributed by atoms with Gasteiger partial charge < -0.3 is 5.32 Å². The van der Waals surface area contributed by atoms with Gasteiger partial charge in [0.2, 0.25) is 0 Å². The van der Waals surface area contributed by atoms with Crippen molar-refractivity contribution < 1.29 is 0 Å². The van der Waals surface area contributed by atoms with Gasteiger partial charge in [-0.15, -0.1) is 0 Å². The zero-order valence-corrected chi connectivity index (χ0v) is 8.26. The summed E-state index contributed by atoms with van der Waals surface area (Å²) in [6.45, 7) is 2.09. The van der Waals surface area contributed by atoms with Crippen LogP contribution in [0.2, 0.25) is 0 Å². The molecule has 2 heterocycles. The van der Waals surface area contributed by atoms with Crippen molar-refractivity contribution >= 4 is 22.6 Å². The number of nitrogens with one attached hydrogen (secondary N) is 1. The molecule has 0 bridgehead atoms. The fourth-order valence-corrected chi connectivity index (χ4v) is 2.06. The van der Waals surface area contributed by atoms with Crippen molar-refractivity contribution in [3.8, 4) is 0 Å². The Morgan fingerprint density at radius 1 is 1.55 bits per heavy atom. The minimum atomic E-state index is 0.988. The Morgan fingerprint density at radius 3 is 3.27 bits per heavy atom. The average Bonchev–Trinajstić information content (AvgIpc) is 2.06. The van der Waals surface area contributed by atoms with E-state index in [4.69, 9.17) is 0 Å². The summed E-state index contributed by atoms with van der Waals surface area (Å²) in [6, 6.07) is 2.12. The molecule has 1 aromatic heterocycles. The van der Waals surface area contributed by atoms with Crippen molar-refractivity contribution in [2.45, 2.75) is 13.0 Å². The van der Waals surface area contributed by atoms with Gasteiger partial charge in [-0.3, -0.25) is 0 Å². The van der Waals surface area contributed by atoms with Gasteiger partial charge in [0.1, 0.15) is 3.70 Å². The molecule has 0 fully saturated rings. The lowest BCUT2D eigenvalue weighted by Crippen LogP contribution is -2.24. The maximum absolute atomic E-state index is 4.24. The summed E-state index contributed by atoms with van der Waals surface area (Å²) in [5.74, 6) is 0. The van der Waals surface area contributed by atoms with Crippen molar-refractivity contribution in [3.05, 3.63) is 27.1 Å². The Labute approximate surface area is 79.6 Å². The van der Waals surface area contributed by atoms with E-state index in [2.05, 4.69) is 39.0 Å². The standard InChI is InChI=1S/C8H9IN2/c9-8-7-5-10-3-1-6(7)2-4-11-8/h2,4,10H,1,3,5H2. The molecule has 11 heavy (non-hydrogen) atoms. The van der Waals surface area contributed by atoms with Crippen LogP contribution in [0.15, 0.2) is 12.3 Å². The van der Waals surface area contributed by atoms with Crippen LogP contribution < -0.4 is 5.32 Å². The maximum Gasteiger partial charge on any atom is 0.106 e. The Bertz CT molecular complexity index is 273. The summed E-state index contributed by atoms with van der Waals surface area (Å²) in [5.41, 5.74) is 2.85. The van der Waals surface area contributed by atoms with E-state index in [0.717, 1.165) is 23.2 Å². The zero-order valence-electron chi connectivity index (χ0n) is 6.10. The second-order valence-electron chi connectivity index (χ2n) is 2.67. The van der Waals surface area contributed by atoms with Gasteiger partial charge >= 0.3 is 0 Å². The van der Waals surface area contributed by atoms with Crippen LogP contribution in [0.1, 0.15) is 11.1 Å². The first kappa shape index (κ1) is 7.49. The Morgan fingerprint density at radius 2 is 2.45 bits per heavy atom. The molecule has 0 aliphatic carbocycles. The van der Waals surface area contributed by atoms with E-state index in [1.165, 1.54) is 11.1 Å². The summed E-state index contributed by atoms with van der Waals surface area (Å²) >= 11 is 2.29. The predicted molar refractivity (Wildman–Crippen MR) is 52.4 cm³/mol. The summed E-state index contributed by atoms with van der Waals surface area (Å²) in [6.07, 6.45) is 3.04. The number of pyridine rings is 1. The number of aromatic nitrogens is 1. The number of hydrogen-bond donors (Lipinski definition) is 1. The highest BCUT2D eigenvalue weighted by molar-refractivity contribution is 14.1. The highest BCUT2D eigenvalue weighted by Crippen LogP contribution is 2.17. The molecule has 0 radical (unpaired) electrons. The monoisotopic (exact) mass is 260 g/mol. The summed E-state index contributed by atoms with van der Waals surface area (Å²) < 4.78 is 1.15.